The Hall–Kier alpha value is -0.520. The maximum atomic E-state index is 11.0. The number of carboxylic acids is 1. The van der Waals surface area contributed by atoms with E-state index in [1.165, 1.54) is 0 Å². The van der Waals surface area contributed by atoms with Crippen LogP contribution < -0.4 is 0 Å². The van der Waals surface area contributed by atoms with Crippen molar-refractivity contribution in [1.82, 2.24) is 3.94 Å². The van der Waals surface area contributed by atoms with Gasteiger partial charge in [0.1, 0.15) is 6.61 Å². The van der Waals surface area contributed by atoms with Crippen LogP contribution in [0.25, 0.3) is 0 Å². The smallest absolute Gasteiger partial charge is 0.306 e. The van der Waals surface area contributed by atoms with E-state index in [4.69, 9.17) is 33.4 Å². The van der Waals surface area contributed by atoms with Crippen molar-refractivity contribution in [2.45, 2.75) is 32.2 Å². The lowest BCUT2D eigenvalue weighted by atomic mass is 10.1. The van der Waals surface area contributed by atoms with Gasteiger partial charge >= 0.3 is 11.9 Å². The highest BCUT2D eigenvalue weighted by atomic mass is 35.5. The fourth-order valence-corrected chi connectivity index (χ4v) is 0.685. The SMILES string of the molecule is CC(C)(COC(=O)CCC(=O)O)N(Cl)Cl. The van der Waals surface area contributed by atoms with Crippen LogP contribution in [0.4, 0.5) is 0 Å². The molecule has 0 atom stereocenters. The first-order chi connectivity index (χ1) is 6.75. The molecule has 7 heteroatoms. The lowest BCUT2D eigenvalue weighted by Crippen LogP contribution is -2.37. The summed E-state index contributed by atoms with van der Waals surface area (Å²) in [6.45, 7) is 3.35. The largest absolute Gasteiger partial charge is 0.481 e. The molecule has 0 aromatic rings. The molecule has 0 saturated heterocycles. The Morgan fingerprint density at radius 3 is 2.27 bits per heavy atom. The Morgan fingerprint density at radius 1 is 1.33 bits per heavy atom. The Morgan fingerprint density at radius 2 is 1.87 bits per heavy atom. The summed E-state index contributed by atoms with van der Waals surface area (Å²) in [5.74, 6) is -1.62. The van der Waals surface area contributed by atoms with E-state index in [0.717, 1.165) is 3.94 Å². The summed E-state index contributed by atoms with van der Waals surface area (Å²) in [4.78, 5) is 21.2. The molecule has 0 amide bonds. The minimum Gasteiger partial charge on any atom is -0.481 e. The molecule has 1 N–H and O–H groups in total. The van der Waals surface area contributed by atoms with Gasteiger partial charge in [0.15, 0.2) is 0 Å². The van der Waals surface area contributed by atoms with Crippen LogP contribution in [0.15, 0.2) is 0 Å². The van der Waals surface area contributed by atoms with Gasteiger partial charge in [-0.2, -0.15) is 0 Å². The molecule has 0 rings (SSSR count). The molecule has 0 aromatic carbocycles. The number of ether oxygens (including phenoxy) is 1. The quantitative estimate of drug-likeness (QED) is 0.581. The summed E-state index contributed by atoms with van der Waals surface area (Å²) in [6, 6.07) is 0. The minimum absolute atomic E-state index is 0.00154. The minimum atomic E-state index is -1.04. The highest BCUT2D eigenvalue weighted by Crippen LogP contribution is 2.20. The van der Waals surface area contributed by atoms with Crippen molar-refractivity contribution >= 4 is 35.5 Å². The van der Waals surface area contributed by atoms with Crippen LogP contribution in [0.5, 0.6) is 0 Å². The highest BCUT2D eigenvalue weighted by molar-refractivity contribution is 6.34. The predicted molar refractivity (Wildman–Crippen MR) is 55.5 cm³/mol. The molecule has 0 aromatic heterocycles. The highest BCUT2D eigenvalue weighted by Gasteiger charge is 2.26. The summed E-state index contributed by atoms with van der Waals surface area (Å²) in [5.41, 5.74) is -0.706. The molecule has 0 spiro atoms. The van der Waals surface area contributed by atoms with E-state index < -0.39 is 17.5 Å². The van der Waals surface area contributed by atoms with Gasteiger partial charge in [0, 0.05) is 0 Å². The molecule has 0 aliphatic carbocycles. The summed E-state index contributed by atoms with van der Waals surface area (Å²) in [6.07, 6.45) is -0.402. The molecule has 0 aliphatic rings. The van der Waals surface area contributed by atoms with Crippen molar-refractivity contribution in [3.05, 3.63) is 0 Å². The maximum Gasteiger partial charge on any atom is 0.306 e. The van der Waals surface area contributed by atoms with Gasteiger partial charge in [0.05, 0.1) is 18.4 Å². The van der Waals surface area contributed by atoms with E-state index in [0.29, 0.717) is 0 Å². The monoisotopic (exact) mass is 257 g/mol. The Labute approximate surface area is 98.1 Å². The van der Waals surface area contributed by atoms with Gasteiger partial charge in [0.2, 0.25) is 0 Å². The lowest BCUT2D eigenvalue weighted by molar-refractivity contribution is -0.149. The average Bonchev–Trinajstić information content (AvgIpc) is 2.11. The first-order valence-electron chi connectivity index (χ1n) is 4.25. The van der Waals surface area contributed by atoms with E-state index in [1.54, 1.807) is 13.8 Å². The van der Waals surface area contributed by atoms with Crippen LogP contribution in [0.3, 0.4) is 0 Å². The molecule has 88 valence electrons. The topological polar surface area (TPSA) is 66.8 Å². The molecular weight excluding hydrogens is 245 g/mol. The van der Waals surface area contributed by atoms with Gasteiger partial charge in [-0.25, -0.2) is 0 Å². The summed E-state index contributed by atoms with van der Waals surface area (Å²) in [7, 11) is 0. The van der Waals surface area contributed by atoms with Gasteiger partial charge in [-0.3, -0.25) is 9.59 Å². The van der Waals surface area contributed by atoms with Crippen LogP contribution in [0, 0.1) is 0 Å². The second kappa shape index (κ2) is 6.15. The average molecular weight is 258 g/mol. The number of carboxylic acid groups (broad SMARTS) is 1. The van der Waals surface area contributed by atoms with Gasteiger partial charge in [0.25, 0.3) is 0 Å². The summed E-state index contributed by atoms with van der Waals surface area (Å²) < 4.78 is 5.69. The number of carbonyl (C=O) groups is 2. The van der Waals surface area contributed by atoms with Gasteiger partial charge in [-0.1, -0.05) is 0 Å². The summed E-state index contributed by atoms with van der Waals surface area (Å²) >= 11 is 11.0. The second-order valence-electron chi connectivity index (χ2n) is 3.60. The standard InChI is InChI=1S/C8H13Cl2NO4/c1-8(2,11(9)10)5-15-7(14)4-3-6(12)13/h3-5H2,1-2H3,(H,12,13). The van der Waals surface area contributed by atoms with Crippen LogP contribution in [-0.4, -0.2) is 33.1 Å². The number of esters is 1. The molecule has 0 bridgehead atoms. The van der Waals surface area contributed by atoms with E-state index in [-0.39, 0.29) is 19.4 Å². The van der Waals surface area contributed by atoms with Crippen LogP contribution in [-0.2, 0) is 14.3 Å². The zero-order valence-corrected chi connectivity index (χ0v) is 10.0. The van der Waals surface area contributed by atoms with Gasteiger partial charge < -0.3 is 9.84 Å². The molecular formula is C8H13Cl2NO4. The second-order valence-corrected chi connectivity index (χ2v) is 4.45. The number of rotatable bonds is 6. The summed E-state index contributed by atoms with van der Waals surface area (Å²) in [5, 5.41) is 8.32. The van der Waals surface area contributed by atoms with E-state index >= 15 is 0 Å². The predicted octanol–water partition coefficient (Wildman–Crippen LogP) is 1.78. The fraction of sp³-hybridized carbons (Fsp3) is 0.750. The van der Waals surface area contributed by atoms with Crippen LogP contribution >= 0.6 is 23.6 Å². The Balaban J connectivity index is 3.85. The van der Waals surface area contributed by atoms with Crippen LogP contribution in [0.2, 0.25) is 0 Å². The lowest BCUT2D eigenvalue weighted by Gasteiger charge is -2.26. The molecule has 0 unspecified atom stereocenters. The normalized spacial score (nSPS) is 11.5. The van der Waals surface area contributed by atoms with E-state index in [1.807, 2.05) is 0 Å². The molecule has 0 fully saturated rings. The van der Waals surface area contributed by atoms with Crippen LogP contribution in [0.1, 0.15) is 26.7 Å². The number of hydrogen-bond acceptors (Lipinski definition) is 4. The van der Waals surface area contributed by atoms with E-state index in [2.05, 4.69) is 0 Å². The third kappa shape index (κ3) is 6.54. The van der Waals surface area contributed by atoms with Gasteiger partial charge in [-0.15, -0.1) is 3.94 Å². The van der Waals surface area contributed by atoms with Crippen molar-refractivity contribution in [2.24, 2.45) is 0 Å². The van der Waals surface area contributed by atoms with E-state index in [9.17, 15) is 9.59 Å². The first kappa shape index (κ1) is 14.5. The molecule has 0 heterocycles. The van der Waals surface area contributed by atoms with Crippen molar-refractivity contribution < 1.29 is 19.4 Å². The van der Waals surface area contributed by atoms with Gasteiger partial charge in [-0.05, 0) is 37.4 Å². The number of halogens is 2. The zero-order valence-electron chi connectivity index (χ0n) is 8.50. The van der Waals surface area contributed by atoms with Crippen molar-refractivity contribution in [3.8, 4) is 0 Å². The van der Waals surface area contributed by atoms with Crippen molar-refractivity contribution in [1.29, 1.82) is 0 Å². The Kier molecular flexibility index (Phi) is 5.93. The molecule has 0 saturated carbocycles. The number of carbonyl (C=O) groups excluding carboxylic acids is 1. The molecule has 15 heavy (non-hydrogen) atoms. The third-order valence-electron chi connectivity index (χ3n) is 1.59. The zero-order chi connectivity index (χ0) is 12.1. The Bertz CT molecular complexity index is 243. The first-order valence-corrected chi connectivity index (χ1v) is 4.92. The van der Waals surface area contributed by atoms with Crippen molar-refractivity contribution in [2.75, 3.05) is 6.61 Å². The molecule has 0 radical (unpaired) electrons. The number of nitrogens with zero attached hydrogens (tertiary/aromatic N) is 1. The molecule has 5 nitrogen and oxygen atoms in total. The fourth-order valence-electron chi connectivity index (χ4n) is 0.587. The third-order valence-corrected chi connectivity index (χ3v) is 2.50. The molecule has 0 aliphatic heterocycles. The maximum absolute atomic E-state index is 11.0. The van der Waals surface area contributed by atoms with Crippen molar-refractivity contribution in [3.63, 3.8) is 0 Å². The number of hydrogen-bond donors (Lipinski definition) is 1. The number of aliphatic carboxylic acids is 1.